The zero-order valence-electron chi connectivity index (χ0n) is 10.1. The van der Waals surface area contributed by atoms with Crippen LogP contribution in [0.3, 0.4) is 0 Å². The highest BCUT2D eigenvalue weighted by atomic mass is 79.9. The highest BCUT2D eigenvalue weighted by Crippen LogP contribution is 2.33. The van der Waals surface area contributed by atoms with Gasteiger partial charge in [-0.3, -0.25) is 0 Å². The van der Waals surface area contributed by atoms with Crippen LogP contribution in [-0.2, 0) is 6.42 Å². The molecule has 0 aliphatic heterocycles. The Morgan fingerprint density at radius 3 is 2.69 bits per heavy atom. The molecule has 0 heterocycles. The number of hydrogen-bond acceptors (Lipinski definition) is 1. The van der Waals surface area contributed by atoms with Crippen molar-refractivity contribution in [3.8, 4) is 0 Å². The highest BCUT2D eigenvalue weighted by molar-refractivity contribution is 9.10. The Labute approximate surface area is 106 Å². The van der Waals surface area contributed by atoms with Gasteiger partial charge in [0.15, 0.2) is 0 Å². The fourth-order valence-electron chi connectivity index (χ4n) is 2.13. The number of rotatable bonds is 2. The quantitative estimate of drug-likeness (QED) is 0.869. The first kappa shape index (κ1) is 11.9. The van der Waals surface area contributed by atoms with E-state index in [1.165, 1.54) is 21.2 Å². The molecule has 1 nitrogen and oxygen atoms in total. The van der Waals surface area contributed by atoms with Crippen LogP contribution < -0.4 is 5.32 Å². The molecule has 0 atom stereocenters. The molecule has 0 unspecified atom stereocenters. The summed E-state index contributed by atoms with van der Waals surface area (Å²) in [5.74, 6) is 0. The summed E-state index contributed by atoms with van der Waals surface area (Å²) in [5.41, 5.74) is 4.37. The molecule has 1 aromatic rings. The summed E-state index contributed by atoms with van der Waals surface area (Å²) in [4.78, 5) is 0. The molecule has 1 aliphatic carbocycles. The van der Waals surface area contributed by atoms with Crippen molar-refractivity contribution in [2.75, 3.05) is 7.05 Å². The zero-order valence-corrected chi connectivity index (χ0v) is 11.7. The van der Waals surface area contributed by atoms with Gasteiger partial charge in [-0.05, 0) is 56.5 Å². The molecule has 1 aromatic carbocycles. The monoisotopic (exact) mass is 279 g/mol. The number of hydrogen-bond donors (Lipinski definition) is 1. The summed E-state index contributed by atoms with van der Waals surface area (Å²) >= 11 is 3.63. The van der Waals surface area contributed by atoms with E-state index in [9.17, 15) is 0 Å². The van der Waals surface area contributed by atoms with Crippen LogP contribution in [0.15, 0.2) is 28.2 Å². The van der Waals surface area contributed by atoms with Gasteiger partial charge in [0.25, 0.3) is 0 Å². The van der Waals surface area contributed by atoms with Crippen LogP contribution in [0.25, 0.3) is 6.08 Å². The predicted molar refractivity (Wildman–Crippen MR) is 73.6 cm³/mol. The summed E-state index contributed by atoms with van der Waals surface area (Å²) in [5, 5.41) is 3.38. The van der Waals surface area contributed by atoms with Crippen LogP contribution in [0, 0.1) is 0 Å². The van der Waals surface area contributed by atoms with Crippen molar-refractivity contribution in [3.05, 3.63) is 39.4 Å². The standard InChI is InChI=1S/C14H18BrN/c1-14(2,16-3)11-8-7-10-5-4-6-13(15)12(10)9-11/h4-6,9,16H,7-8H2,1-3H3. The summed E-state index contributed by atoms with van der Waals surface area (Å²) < 4.78 is 1.20. The second-order valence-electron chi connectivity index (χ2n) is 4.86. The minimum absolute atomic E-state index is 0.0902. The molecular weight excluding hydrogens is 262 g/mol. The summed E-state index contributed by atoms with van der Waals surface area (Å²) in [7, 11) is 2.02. The van der Waals surface area contributed by atoms with Crippen LogP contribution in [0.4, 0.5) is 0 Å². The van der Waals surface area contributed by atoms with Crippen molar-refractivity contribution >= 4 is 22.0 Å². The fourth-order valence-corrected chi connectivity index (χ4v) is 2.65. The number of halogens is 1. The number of likely N-dealkylation sites (N-methyl/N-ethyl adjacent to an activating group) is 1. The van der Waals surface area contributed by atoms with Crippen LogP contribution in [-0.4, -0.2) is 12.6 Å². The van der Waals surface area contributed by atoms with Gasteiger partial charge >= 0.3 is 0 Å². The van der Waals surface area contributed by atoms with Gasteiger partial charge in [-0.15, -0.1) is 0 Å². The van der Waals surface area contributed by atoms with Crippen LogP contribution in [0.5, 0.6) is 0 Å². The normalized spacial score (nSPS) is 15.6. The minimum Gasteiger partial charge on any atom is -0.311 e. The molecule has 0 radical (unpaired) electrons. The topological polar surface area (TPSA) is 12.0 Å². The molecule has 2 rings (SSSR count). The maximum Gasteiger partial charge on any atom is 0.0337 e. The lowest BCUT2D eigenvalue weighted by atomic mass is 9.83. The van der Waals surface area contributed by atoms with Gasteiger partial charge in [0.05, 0.1) is 0 Å². The number of benzene rings is 1. The van der Waals surface area contributed by atoms with Gasteiger partial charge in [0.1, 0.15) is 0 Å². The lowest BCUT2D eigenvalue weighted by Crippen LogP contribution is -2.38. The zero-order chi connectivity index (χ0) is 11.8. The Morgan fingerprint density at radius 2 is 2.00 bits per heavy atom. The summed E-state index contributed by atoms with van der Waals surface area (Å²) in [6.07, 6.45) is 4.63. The average molecular weight is 280 g/mol. The molecule has 0 bridgehead atoms. The van der Waals surface area contributed by atoms with E-state index in [0.29, 0.717) is 0 Å². The highest BCUT2D eigenvalue weighted by Gasteiger charge is 2.24. The first-order chi connectivity index (χ1) is 7.54. The minimum atomic E-state index is 0.0902. The van der Waals surface area contributed by atoms with Crippen molar-refractivity contribution in [2.45, 2.75) is 32.2 Å². The predicted octanol–water partition coefficient (Wildman–Crippen LogP) is 3.78. The Morgan fingerprint density at radius 1 is 1.25 bits per heavy atom. The molecule has 16 heavy (non-hydrogen) atoms. The van der Waals surface area contributed by atoms with Gasteiger partial charge in [0, 0.05) is 10.0 Å². The van der Waals surface area contributed by atoms with Gasteiger partial charge in [0.2, 0.25) is 0 Å². The van der Waals surface area contributed by atoms with Crippen LogP contribution in [0.1, 0.15) is 31.4 Å². The number of aryl methyl sites for hydroxylation is 1. The SMILES string of the molecule is CNC(C)(C)C1=Cc2c(Br)cccc2CC1. The van der Waals surface area contributed by atoms with E-state index < -0.39 is 0 Å². The van der Waals surface area contributed by atoms with E-state index in [1.807, 2.05) is 7.05 Å². The molecule has 0 saturated carbocycles. The molecule has 0 fully saturated rings. The third-order valence-electron chi connectivity index (χ3n) is 3.55. The Hall–Kier alpha value is -0.600. The third kappa shape index (κ3) is 2.09. The Kier molecular flexibility index (Phi) is 3.22. The van der Waals surface area contributed by atoms with Crippen molar-refractivity contribution in [1.29, 1.82) is 0 Å². The Balaban J connectivity index is 2.45. The maximum atomic E-state index is 3.63. The van der Waals surface area contributed by atoms with Crippen LogP contribution >= 0.6 is 15.9 Å². The number of fused-ring (bicyclic) bond motifs is 1. The third-order valence-corrected chi connectivity index (χ3v) is 4.24. The first-order valence-electron chi connectivity index (χ1n) is 5.72. The molecule has 1 N–H and O–H groups in total. The van der Waals surface area contributed by atoms with E-state index >= 15 is 0 Å². The van der Waals surface area contributed by atoms with Gasteiger partial charge in [-0.1, -0.05) is 34.1 Å². The maximum absolute atomic E-state index is 3.63. The van der Waals surface area contributed by atoms with Crippen molar-refractivity contribution < 1.29 is 0 Å². The molecule has 0 saturated heterocycles. The molecular formula is C14H18BrN. The van der Waals surface area contributed by atoms with Crippen LogP contribution in [0.2, 0.25) is 0 Å². The smallest absolute Gasteiger partial charge is 0.0337 e. The second kappa shape index (κ2) is 4.34. The second-order valence-corrected chi connectivity index (χ2v) is 5.71. The van der Waals surface area contributed by atoms with E-state index in [0.717, 1.165) is 12.8 Å². The van der Waals surface area contributed by atoms with Crippen molar-refractivity contribution in [3.63, 3.8) is 0 Å². The molecule has 1 aliphatic rings. The number of nitrogens with one attached hydrogen (secondary N) is 1. The molecule has 0 spiro atoms. The molecule has 0 aromatic heterocycles. The largest absolute Gasteiger partial charge is 0.311 e. The van der Waals surface area contributed by atoms with E-state index in [1.54, 1.807) is 0 Å². The van der Waals surface area contributed by atoms with Crippen molar-refractivity contribution in [2.24, 2.45) is 0 Å². The van der Waals surface area contributed by atoms with Crippen molar-refractivity contribution in [1.82, 2.24) is 5.32 Å². The fraction of sp³-hybridized carbons (Fsp3) is 0.429. The van der Waals surface area contributed by atoms with Gasteiger partial charge in [-0.2, -0.15) is 0 Å². The van der Waals surface area contributed by atoms with Gasteiger partial charge in [-0.25, -0.2) is 0 Å². The first-order valence-corrected chi connectivity index (χ1v) is 6.51. The van der Waals surface area contributed by atoms with Gasteiger partial charge < -0.3 is 5.32 Å². The summed E-state index contributed by atoms with van der Waals surface area (Å²) in [6, 6.07) is 6.45. The lowest BCUT2D eigenvalue weighted by molar-refractivity contribution is 0.481. The molecule has 0 amide bonds. The molecule has 2 heteroatoms. The molecule has 86 valence electrons. The lowest BCUT2D eigenvalue weighted by Gasteiger charge is -2.31. The van der Waals surface area contributed by atoms with E-state index in [4.69, 9.17) is 0 Å². The van der Waals surface area contributed by atoms with E-state index in [2.05, 4.69) is 59.4 Å². The van der Waals surface area contributed by atoms with E-state index in [-0.39, 0.29) is 5.54 Å². The average Bonchev–Trinajstić information content (AvgIpc) is 2.29. The Bertz CT molecular complexity index is 432. The summed E-state index contributed by atoms with van der Waals surface area (Å²) in [6.45, 7) is 4.47.